The number of amides is 2. The summed E-state index contributed by atoms with van der Waals surface area (Å²) in [5.41, 5.74) is 7.93. The van der Waals surface area contributed by atoms with Gasteiger partial charge in [-0.1, -0.05) is 0 Å². The molecule has 0 saturated carbocycles. The van der Waals surface area contributed by atoms with Crippen LogP contribution in [-0.2, 0) is 4.79 Å². The van der Waals surface area contributed by atoms with Crippen molar-refractivity contribution in [2.45, 2.75) is 6.92 Å². The lowest BCUT2D eigenvalue weighted by Crippen LogP contribution is -2.49. The molecule has 6 nitrogen and oxygen atoms in total. The molecule has 0 fully saturated rings. The van der Waals surface area contributed by atoms with Crippen LogP contribution in [0.3, 0.4) is 0 Å². The first-order valence-electron chi connectivity index (χ1n) is 4.04. The van der Waals surface area contributed by atoms with E-state index in [9.17, 15) is 9.59 Å². The Kier molecular flexibility index (Phi) is 5.82. The molecule has 0 aliphatic carbocycles. The van der Waals surface area contributed by atoms with Crippen LogP contribution in [0.15, 0.2) is 0 Å². The highest BCUT2D eigenvalue weighted by Gasteiger charge is 2.09. The average molecular weight is 188 g/mol. The minimum absolute atomic E-state index is 0.0432. The van der Waals surface area contributed by atoms with Crippen molar-refractivity contribution < 1.29 is 9.59 Å². The second-order valence-electron chi connectivity index (χ2n) is 2.52. The highest BCUT2D eigenvalue weighted by Crippen LogP contribution is 1.81. The Morgan fingerprint density at radius 1 is 1.46 bits per heavy atom. The molecule has 76 valence electrons. The van der Waals surface area contributed by atoms with Crippen molar-refractivity contribution in [1.29, 1.82) is 0 Å². The van der Waals surface area contributed by atoms with E-state index in [0.29, 0.717) is 13.1 Å². The molecule has 6 heteroatoms. The van der Waals surface area contributed by atoms with Crippen LogP contribution in [0.25, 0.3) is 0 Å². The molecular formula is C7H16N4O2. The van der Waals surface area contributed by atoms with Gasteiger partial charge in [0.25, 0.3) is 0 Å². The third kappa shape index (κ3) is 5.15. The molecule has 0 atom stereocenters. The SMILES string of the molecule is CNN(CCN)C(=O)NCC(C)=O. The molecule has 0 aliphatic rings. The Morgan fingerprint density at radius 2 is 2.08 bits per heavy atom. The Balaban J connectivity index is 3.84. The van der Waals surface area contributed by atoms with E-state index in [2.05, 4.69) is 10.7 Å². The predicted octanol–water partition coefficient (Wildman–Crippen LogP) is -1.32. The van der Waals surface area contributed by atoms with E-state index in [0.717, 1.165) is 0 Å². The molecule has 0 aromatic heterocycles. The lowest BCUT2D eigenvalue weighted by molar-refractivity contribution is -0.116. The van der Waals surface area contributed by atoms with Crippen LogP contribution in [0.5, 0.6) is 0 Å². The Labute approximate surface area is 77.4 Å². The zero-order valence-corrected chi connectivity index (χ0v) is 7.96. The van der Waals surface area contributed by atoms with Gasteiger partial charge in [-0.25, -0.2) is 10.2 Å². The number of carbonyl (C=O) groups excluding carboxylic acids is 2. The van der Waals surface area contributed by atoms with Crippen LogP contribution < -0.4 is 16.5 Å². The molecule has 13 heavy (non-hydrogen) atoms. The number of urea groups is 1. The molecule has 0 unspecified atom stereocenters. The van der Waals surface area contributed by atoms with E-state index in [-0.39, 0.29) is 18.4 Å². The highest BCUT2D eigenvalue weighted by atomic mass is 16.2. The number of rotatable bonds is 5. The number of carbonyl (C=O) groups is 2. The highest BCUT2D eigenvalue weighted by molar-refractivity contribution is 5.83. The summed E-state index contributed by atoms with van der Waals surface area (Å²) in [5, 5.41) is 3.75. The van der Waals surface area contributed by atoms with Gasteiger partial charge in [-0.15, -0.1) is 0 Å². The lowest BCUT2D eigenvalue weighted by atomic mass is 10.4. The summed E-state index contributed by atoms with van der Waals surface area (Å²) in [6, 6.07) is -0.344. The summed E-state index contributed by atoms with van der Waals surface area (Å²) in [5.74, 6) is -0.0860. The van der Waals surface area contributed by atoms with E-state index in [1.54, 1.807) is 7.05 Å². The maximum Gasteiger partial charge on any atom is 0.332 e. The monoisotopic (exact) mass is 188 g/mol. The molecule has 0 heterocycles. The number of Topliss-reactive ketones (excluding diaryl/α,β-unsaturated/α-hetero) is 1. The molecule has 2 amide bonds. The summed E-state index contributed by atoms with van der Waals surface area (Å²) in [6.45, 7) is 2.23. The van der Waals surface area contributed by atoms with Crippen molar-refractivity contribution in [1.82, 2.24) is 15.8 Å². The molecule has 0 aliphatic heterocycles. The van der Waals surface area contributed by atoms with Crippen LogP contribution >= 0.6 is 0 Å². The first-order valence-corrected chi connectivity index (χ1v) is 4.04. The third-order valence-corrected chi connectivity index (χ3v) is 1.36. The number of hydrazine groups is 1. The van der Waals surface area contributed by atoms with Crippen molar-refractivity contribution in [3.63, 3.8) is 0 Å². The minimum atomic E-state index is -0.344. The van der Waals surface area contributed by atoms with Crippen molar-refractivity contribution in [3.8, 4) is 0 Å². The van der Waals surface area contributed by atoms with Gasteiger partial charge in [0.15, 0.2) is 0 Å². The van der Waals surface area contributed by atoms with E-state index >= 15 is 0 Å². The van der Waals surface area contributed by atoms with Gasteiger partial charge in [0.05, 0.1) is 13.1 Å². The van der Waals surface area contributed by atoms with Gasteiger partial charge >= 0.3 is 6.03 Å². The van der Waals surface area contributed by atoms with Gasteiger partial charge < -0.3 is 11.1 Å². The van der Waals surface area contributed by atoms with Crippen molar-refractivity contribution in [3.05, 3.63) is 0 Å². The fourth-order valence-electron chi connectivity index (χ4n) is 0.740. The van der Waals surface area contributed by atoms with Crippen LogP contribution in [0, 0.1) is 0 Å². The normalized spacial score (nSPS) is 9.46. The quantitative estimate of drug-likeness (QED) is 0.467. The summed E-state index contributed by atoms with van der Waals surface area (Å²) in [6.07, 6.45) is 0. The molecule has 0 aromatic rings. The molecule has 0 rings (SSSR count). The van der Waals surface area contributed by atoms with E-state index in [1.165, 1.54) is 11.9 Å². The fraction of sp³-hybridized carbons (Fsp3) is 0.714. The average Bonchev–Trinajstić information content (AvgIpc) is 2.10. The van der Waals surface area contributed by atoms with E-state index < -0.39 is 0 Å². The third-order valence-electron chi connectivity index (χ3n) is 1.36. The lowest BCUT2D eigenvalue weighted by Gasteiger charge is -2.20. The predicted molar refractivity (Wildman–Crippen MR) is 48.9 cm³/mol. The van der Waals surface area contributed by atoms with Crippen molar-refractivity contribution in [2.75, 3.05) is 26.7 Å². The standard InChI is InChI=1S/C7H16N4O2/c1-6(12)5-10-7(13)11(9-2)4-3-8/h9H,3-5,8H2,1-2H3,(H,10,13). The first-order chi connectivity index (χ1) is 6.11. The number of hydrogen-bond donors (Lipinski definition) is 3. The molecule has 0 radical (unpaired) electrons. The molecule has 0 saturated heterocycles. The zero-order chi connectivity index (χ0) is 10.3. The Hall–Kier alpha value is -1.14. The number of nitrogens with zero attached hydrogens (tertiary/aromatic N) is 1. The number of hydrogen-bond acceptors (Lipinski definition) is 4. The Bertz CT molecular complexity index is 183. The minimum Gasteiger partial charge on any atom is -0.330 e. The topological polar surface area (TPSA) is 87.5 Å². The van der Waals surface area contributed by atoms with E-state index in [4.69, 9.17) is 5.73 Å². The second-order valence-corrected chi connectivity index (χ2v) is 2.52. The maximum absolute atomic E-state index is 11.2. The number of nitrogens with one attached hydrogen (secondary N) is 2. The van der Waals surface area contributed by atoms with Gasteiger partial charge in [0.1, 0.15) is 5.78 Å². The van der Waals surface area contributed by atoms with E-state index in [1.807, 2.05) is 0 Å². The van der Waals surface area contributed by atoms with Gasteiger partial charge in [0, 0.05) is 13.6 Å². The second kappa shape index (κ2) is 6.38. The summed E-state index contributed by atoms with van der Waals surface area (Å²) < 4.78 is 0. The number of ketones is 1. The largest absolute Gasteiger partial charge is 0.332 e. The molecule has 0 aromatic carbocycles. The van der Waals surface area contributed by atoms with Crippen LogP contribution in [0.4, 0.5) is 4.79 Å². The zero-order valence-electron chi connectivity index (χ0n) is 7.96. The molecule has 0 spiro atoms. The molecular weight excluding hydrogens is 172 g/mol. The maximum atomic E-state index is 11.2. The smallest absolute Gasteiger partial charge is 0.330 e. The Morgan fingerprint density at radius 3 is 2.46 bits per heavy atom. The van der Waals surface area contributed by atoms with Crippen LogP contribution in [0.2, 0.25) is 0 Å². The summed E-state index contributed by atoms with van der Waals surface area (Å²) >= 11 is 0. The fourth-order valence-corrected chi connectivity index (χ4v) is 0.740. The number of nitrogens with two attached hydrogens (primary N) is 1. The molecule has 0 bridgehead atoms. The van der Waals surface area contributed by atoms with Gasteiger partial charge in [-0.2, -0.15) is 0 Å². The first kappa shape index (κ1) is 11.9. The van der Waals surface area contributed by atoms with Crippen molar-refractivity contribution >= 4 is 11.8 Å². The summed E-state index contributed by atoms with van der Waals surface area (Å²) in [4.78, 5) is 21.8. The van der Waals surface area contributed by atoms with Crippen LogP contribution in [-0.4, -0.2) is 43.5 Å². The van der Waals surface area contributed by atoms with Gasteiger partial charge in [0.2, 0.25) is 0 Å². The van der Waals surface area contributed by atoms with Gasteiger partial charge in [-0.3, -0.25) is 9.80 Å². The summed E-state index contributed by atoms with van der Waals surface area (Å²) in [7, 11) is 1.61. The van der Waals surface area contributed by atoms with Gasteiger partial charge in [-0.05, 0) is 6.92 Å². The van der Waals surface area contributed by atoms with Crippen molar-refractivity contribution in [2.24, 2.45) is 5.73 Å². The van der Waals surface area contributed by atoms with Crippen LogP contribution in [0.1, 0.15) is 6.92 Å². The molecule has 4 N–H and O–H groups in total.